The van der Waals surface area contributed by atoms with Crippen molar-refractivity contribution in [3.05, 3.63) is 71.3 Å². The molecule has 0 amide bonds. The lowest BCUT2D eigenvalue weighted by Gasteiger charge is -2.16. The predicted octanol–water partition coefficient (Wildman–Crippen LogP) is 3.31. The van der Waals surface area contributed by atoms with Gasteiger partial charge in [-0.25, -0.2) is 0 Å². The van der Waals surface area contributed by atoms with Crippen LogP contribution in [0, 0.1) is 6.92 Å². The Morgan fingerprint density at radius 3 is 2.47 bits per heavy atom. The van der Waals surface area contributed by atoms with Gasteiger partial charge < -0.3 is 0 Å². The van der Waals surface area contributed by atoms with Crippen molar-refractivity contribution < 1.29 is 4.79 Å². The van der Waals surface area contributed by atoms with E-state index >= 15 is 0 Å². The number of aryl methyl sites for hydroxylation is 1. The van der Waals surface area contributed by atoms with Crippen LogP contribution in [-0.2, 0) is 6.54 Å². The van der Waals surface area contributed by atoms with E-state index in [4.69, 9.17) is 0 Å². The molecule has 0 bridgehead atoms. The maximum Gasteiger partial charge on any atom is 0.176 e. The fourth-order valence-corrected chi connectivity index (χ4v) is 2.11. The lowest BCUT2D eigenvalue weighted by molar-refractivity contribution is 0.0943. The average Bonchev–Trinajstić information content (AvgIpc) is 2.39. The number of nitrogens with zero attached hydrogens (tertiary/aromatic N) is 1. The summed E-state index contributed by atoms with van der Waals surface area (Å²) in [6.45, 7) is 3.24. The summed E-state index contributed by atoms with van der Waals surface area (Å²) in [6, 6.07) is 18.0. The molecule has 2 aromatic rings. The molecule has 2 nitrogen and oxygen atoms in total. The van der Waals surface area contributed by atoms with Crippen molar-refractivity contribution in [2.45, 2.75) is 13.5 Å². The molecule has 0 saturated heterocycles. The van der Waals surface area contributed by atoms with Gasteiger partial charge >= 0.3 is 0 Å². The molecule has 0 fully saturated rings. The van der Waals surface area contributed by atoms with E-state index in [0.29, 0.717) is 6.54 Å². The molecule has 0 N–H and O–H groups in total. The third kappa shape index (κ3) is 4.04. The quantitative estimate of drug-likeness (QED) is 0.762. The van der Waals surface area contributed by atoms with Gasteiger partial charge in [-0.1, -0.05) is 54.1 Å². The Morgan fingerprint density at radius 1 is 1.05 bits per heavy atom. The van der Waals surface area contributed by atoms with Crippen molar-refractivity contribution in [2.75, 3.05) is 13.6 Å². The van der Waals surface area contributed by atoms with Crippen molar-refractivity contribution in [2.24, 2.45) is 0 Å². The monoisotopic (exact) mass is 253 g/mol. The minimum absolute atomic E-state index is 0.169. The van der Waals surface area contributed by atoms with Crippen molar-refractivity contribution in [1.82, 2.24) is 4.90 Å². The summed E-state index contributed by atoms with van der Waals surface area (Å²) in [7, 11) is 1.97. The van der Waals surface area contributed by atoms with Crippen molar-refractivity contribution >= 4 is 5.78 Å². The zero-order valence-corrected chi connectivity index (χ0v) is 11.5. The van der Waals surface area contributed by atoms with Crippen LogP contribution in [0.3, 0.4) is 0 Å². The number of rotatable bonds is 5. The molecule has 2 rings (SSSR count). The highest BCUT2D eigenvalue weighted by Crippen LogP contribution is 2.07. The van der Waals surface area contributed by atoms with Crippen LogP contribution >= 0.6 is 0 Å². The highest BCUT2D eigenvalue weighted by atomic mass is 16.1. The Labute approximate surface area is 114 Å². The van der Waals surface area contributed by atoms with Gasteiger partial charge in [-0.15, -0.1) is 0 Å². The average molecular weight is 253 g/mol. The second-order valence-electron chi connectivity index (χ2n) is 4.95. The van der Waals surface area contributed by atoms with Gasteiger partial charge in [0.1, 0.15) is 0 Å². The van der Waals surface area contributed by atoms with Crippen LogP contribution in [0.25, 0.3) is 0 Å². The van der Waals surface area contributed by atoms with Gasteiger partial charge in [-0.2, -0.15) is 0 Å². The molecule has 2 aromatic carbocycles. The molecule has 0 atom stereocenters. The van der Waals surface area contributed by atoms with Crippen LogP contribution in [0.4, 0.5) is 0 Å². The lowest BCUT2D eigenvalue weighted by atomic mass is 10.1. The number of Topliss-reactive ketones (excluding diaryl/α,β-unsaturated/α-hetero) is 1. The number of ketones is 1. The zero-order chi connectivity index (χ0) is 13.7. The van der Waals surface area contributed by atoms with E-state index in [1.807, 2.05) is 61.3 Å². The summed E-state index contributed by atoms with van der Waals surface area (Å²) in [5, 5.41) is 0. The van der Waals surface area contributed by atoms with E-state index in [2.05, 4.69) is 12.1 Å². The standard InChI is InChI=1S/C17H19NO/c1-14-7-6-10-16(11-14)17(19)13-18(2)12-15-8-4-3-5-9-15/h3-11H,12-13H2,1-2H3. The SMILES string of the molecule is Cc1cccc(C(=O)CN(C)Cc2ccccc2)c1. The Morgan fingerprint density at radius 2 is 1.79 bits per heavy atom. The van der Waals surface area contributed by atoms with Gasteiger partial charge in [0, 0.05) is 12.1 Å². The Balaban J connectivity index is 1.95. The molecule has 0 aliphatic carbocycles. The van der Waals surface area contributed by atoms with E-state index < -0.39 is 0 Å². The first-order valence-electron chi connectivity index (χ1n) is 6.47. The summed E-state index contributed by atoms with van der Waals surface area (Å²) in [6.07, 6.45) is 0. The molecule has 0 unspecified atom stereocenters. The predicted molar refractivity (Wildman–Crippen MR) is 78.3 cm³/mol. The summed E-state index contributed by atoms with van der Waals surface area (Å²) in [5.74, 6) is 0.169. The highest BCUT2D eigenvalue weighted by Gasteiger charge is 2.09. The lowest BCUT2D eigenvalue weighted by Crippen LogP contribution is -2.25. The van der Waals surface area contributed by atoms with Crippen molar-refractivity contribution in [1.29, 1.82) is 0 Å². The largest absolute Gasteiger partial charge is 0.295 e. The minimum Gasteiger partial charge on any atom is -0.295 e. The first kappa shape index (κ1) is 13.5. The maximum atomic E-state index is 12.2. The van der Waals surface area contributed by atoms with Crippen LogP contribution in [0.5, 0.6) is 0 Å². The van der Waals surface area contributed by atoms with Crippen molar-refractivity contribution in [3.63, 3.8) is 0 Å². The molecule has 0 radical (unpaired) electrons. The highest BCUT2D eigenvalue weighted by molar-refractivity contribution is 5.97. The van der Waals surface area contributed by atoms with Crippen LogP contribution < -0.4 is 0 Å². The zero-order valence-electron chi connectivity index (χ0n) is 11.5. The normalized spacial score (nSPS) is 10.7. The number of hydrogen-bond acceptors (Lipinski definition) is 2. The fourth-order valence-electron chi connectivity index (χ4n) is 2.11. The Hall–Kier alpha value is -1.93. The second-order valence-corrected chi connectivity index (χ2v) is 4.95. The molecule has 98 valence electrons. The van der Waals surface area contributed by atoms with Gasteiger partial charge in [0.2, 0.25) is 0 Å². The number of benzene rings is 2. The van der Waals surface area contributed by atoms with E-state index in [9.17, 15) is 4.79 Å². The molecule has 0 aromatic heterocycles. The summed E-state index contributed by atoms with van der Waals surface area (Å²) >= 11 is 0. The van der Waals surface area contributed by atoms with E-state index in [1.54, 1.807) is 0 Å². The first-order valence-corrected chi connectivity index (χ1v) is 6.47. The van der Waals surface area contributed by atoms with Crippen LogP contribution in [0.15, 0.2) is 54.6 Å². The number of hydrogen-bond donors (Lipinski definition) is 0. The van der Waals surface area contributed by atoms with Gasteiger partial charge in [0.25, 0.3) is 0 Å². The topological polar surface area (TPSA) is 20.3 Å². The summed E-state index contributed by atoms with van der Waals surface area (Å²) < 4.78 is 0. The summed E-state index contributed by atoms with van der Waals surface area (Å²) in [4.78, 5) is 14.2. The first-order chi connectivity index (χ1) is 9.15. The molecular formula is C17H19NO. The molecule has 19 heavy (non-hydrogen) atoms. The summed E-state index contributed by atoms with van der Waals surface area (Å²) in [5.41, 5.74) is 3.14. The van der Waals surface area contributed by atoms with Crippen LogP contribution in [0.2, 0.25) is 0 Å². The van der Waals surface area contributed by atoms with E-state index in [-0.39, 0.29) is 5.78 Å². The third-order valence-corrected chi connectivity index (χ3v) is 3.05. The Kier molecular flexibility index (Phi) is 4.48. The second kappa shape index (κ2) is 6.30. The molecular weight excluding hydrogens is 234 g/mol. The van der Waals surface area contributed by atoms with Gasteiger partial charge in [-0.3, -0.25) is 9.69 Å². The number of carbonyl (C=O) groups is 1. The Bertz CT molecular complexity index is 548. The van der Waals surface area contributed by atoms with Gasteiger partial charge in [-0.05, 0) is 25.6 Å². The molecule has 0 saturated carbocycles. The maximum absolute atomic E-state index is 12.2. The van der Waals surface area contributed by atoms with Crippen molar-refractivity contribution in [3.8, 4) is 0 Å². The third-order valence-electron chi connectivity index (χ3n) is 3.05. The van der Waals surface area contributed by atoms with Gasteiger partial charge in [0.15, 0.2) is 5.78 Å². The van der Waals surface area contributed by atoms with Crippen LogP contribution in [0.1, 0.15) is 21.5 Å². The van der Waals surface area contributed by atoms with E-state index in [1.165, 1.54) is 5.56 Å². The molecule has 0 aliphatic heterocycles. The number of carbonyl (C=O) groups excluding carboxylic acids is 1. The molecule has 0 spiro atoms. The smallest absolute Gasteiger partial charge is 0.176 e. The number of likely N-dealkylation sites (N-methyl/N-ethyl adjacent to an activating group) is 1. The molecule has 2 heteroatoms. The fraction of sp³-hybridized carbons (Fsp3) is 0.235. The molecule has 0 aliphatic rings. The van der Waals surface area contributed by atoms with E-state index in [0.717, 1.165) is 17.7 Å². The minimum atomic E-state index is 0.169. The molecule has 0 heterocycles. The van der Waals surface area contributed by atoms with Crippen LogP contribution in [-0.4, -0.2) is 24.3 Å². The van der Waals surface area contributed by atoms with Gasteiger partial charge in [0.05, 0.1) is 6.54 Å².